The zero-order valence-corrected chi connectivity index (χ0v) is 15.8. The van der Waals surface area contributed by atoms with Crippen molar-refractivity contribution in [2.75, 3.05) is 20.7 Å². The Balaban J connectivity index is 1.93. The summed E-state index contributed by atoms with van der Waals surface area (Å²) in [5.74, 6) is 0.177. The molecule has 0 heterocycles. The van der Waals surface area contributed by atoms with Crippen LogP contribution in [0.15, 0.2) is 42.5 Å². The first kappa shape index (κ1) is 20.4. The fourth-order valence-electron chi connectivity index (χ4n) is 2.30. The molecule has 0 spiro atoms. The number of Topliss-reactive ketones (excluding diaryl/α,β-unsaturated/α-hetero) is 1. The molecule has 0 aromatic heterocycles. The maximum absolute atomic E-state index is 14.2. The number of carbonyl (C=O) groups is 2. The molecule has 0 atom stereocenters. The van der Waals surface area contributed by atoms with Crippen molar-refractivity contribution >= 4 is 11.7 Å². The number of rotatable bonds is 9. The Morgan fingerprint density at radius 2 is 1.81 bits per heavy atom. The molecule has 2 aromatic carbocycles. The summed E-state index contributed by atoms with van der Waals surface area (Å²) in [5.41, 5.74) is 1.56. The summed E-state index contributed by atoms with van der Waals surface area (Å²) in [4.78, 5) is 24.1. The number of aryl methyl sites for hydroxylation is 1. The topological polar surface area (TPSA) is 55.8 Å². The van der Waals surface area contributed by atoms with Gasteiger partial charge in [0.2, 0.25) is 0 Å². The summed E-state index contributed by atoms with van der Waals surface area (Å²) in [5, 5.41) is 0. The van der Waals surface area contributed by atoms with Gasteiger partial charge in [0.15, 0.2) is 18.2 Å². The minimum Gasteiger partial charge on any atom is -0.486 e. The first-order valence-corrected chi connectivity index (χ1v) is 8.67. The lowest BCUT2D eigenvalue weighted by atomic mass is 10.1. The van der Waals surface area contributed by atoms with E-state index in [1.807, 2.05) is 6.07 Å². The molecule has 0 saturated carbocycles. The molecule has 0 aliphatic carbocycles. The molecule has 0 unspecified atom stereocenters. The van der Waals surface area contributed by atoms with Gasteiger partial charge in [0.1, 0.15) is 18.1 Å². The quantitative estimate of drug-likeness (QED) is 0.676. The van der Waals surface area contributed by atoms with Crippen LogP contribution < -0.4 is 9.47 Å². The molecule has 1 amide bonds. The lowest BCUT2D eigenvalue weighted by molar-refractivity contribution is -0.130. The van der Waals surface area contributed by atoms with Crippen LogP contribution in [-0.4, -0.2) is 37.3 Å². The molecule has 6 heteroatoms. The predicted octanol–water partition coefficient (Wildman–Crippen LogP) is 3.39. The number of nitrogens with zero attached hydrogens (tertiary/aromatic N) is 1. The maximum atomic E-state index is 14.2. The van der Waals surface area contributed by atoms with E-state index >= 15 is 0 Å². The van der Waals surface area contributed by atoms with E-state index in [0.29, 0.717) is 18.6 Å². The van der Waals surface area contributed by atoms with Gasteiger partial charge in [-0.2, -0.15) is 0 Å². The van der Waals surface area contributed by atoms with Crippen molar-refractivity contribution in [2.45, 2.75) is 26.4 Å². The Morgan fingerprint density at radius 1 is 1.04 bits per heavy atom. The molecule has 0 bridgehead atoms. The number of ketones is 1. The highest BCUT2D eigenvalue weighted by molar-refractivity contribution is 5.77. The van der Waals surface area contributed by atoms with Crippen molar-refractivity contribution in [2.24, 2.45) is 0 Å². The number of amides is 1. The lowest BCUT2D eigenvalue weighted by Gasteiger charge is -2.12. The summed E-state index contributed by atoms with van der Waals surface area (Å²) >= 11 is 0. The van der Waals surface area contributed by atoms with E-state index in [1.165, 1.54) is 17.9 Å². The van der Waals surface area contributed by atoms with E-state index in [-0.39, 0.29) is 30.7 Å². The van der Waals surface area contributed by atoms with Crippen molar-refractivity contribution in [1.29, 1.82) is 0 Å². The molecule has 144 valence electrons. The Hall–Kier alpha value is -2.89. The van der Waals surface area contributed by atoms with Gasteiger partial charge < -0.3 is 19.2 Å². The van der Waals surface area contributed by atoms with Crippen LogP contribution in [0.5, 0.6) is 11.5 Å². The van der Waals surface area contributed by atoms with Gasteiger partial charge in [0, 0.05) is 20.5 Å². The molecular weight excluding hydrogens is 349 g/mol. The van der Waals surface area contributed by atoms with E-state index in [1.54, 1.807) is 44.4 Å². The highest BCUT2D eigenvalue weighted by Gasteiger charge is 2.08. The molecular formula is C21H24FNO4. The van der Waals surface area contributed by atoms with Crippen LogP contribution in [0.4, 0.5) is 4.39 Å². The van der Waals surface area contributed by atoms with Crippen molar-refractivity contribution in [3.05, 3.63) is 59.4 Å². The third kappa shape index (κ3) is 6.73. The van der Waals surface area contributed by atoms with Gasteiger partial charge >= 0.3 is 0 Å². The molecule has 2 aromatic rings. The Morgan fingerprint density at radius 3 is 2.48 bits per heavy atom. The Bertz CT molecular complexity index is 805. The second-order valence-corrected chi connectivity index (χ2v) is 6.48. The fraction of sp³-hybridized carbons (Fsp3) is 0.333. The average molecular weight is 373 g/mol. The first-order chi connectivity index (χ1) is 12.8. The summed E-state index contributed by atoms with van der Waals surface area (Å²) < 4.78 is 25.2. The van der Waals surface area contributed by atoms with Gasteiger partial charge in [0.25, 0.3) is 5.91 Å². The largest absolute Gasteiger partial charge is 0.486 e. The van der Waals surface area contributed by atoms with E-state index in [4.69, 9.17) is 9.47 Å². The summed E-state index contributed by atoms with van der Waals surface area (Å²) in [6.07, 6.45) is 0.903. The van der Waals surface area contributed by atoms with Gasteiger partial charge in [-0.1, -0.05) is 18.2 Å². The van der Waals surface area contributed by atoms with Crippen LogP contribution in [0.2, 0.25) is 0 Å². The second-order valence-electron chi connectivity index (χ2n) is 6.48. The second kappa shape index (κ2) is 9.71. The Kier molecular flexibility index (Phi) is 7.34. The van der Waals surface area contributed by atoms with Crippen molar-refractivity contribution in [3.8, 4) is 11.5 Å². The van der Waals surface area contributed by atoms with Crippen molar-refractivity contribution < 1.29 is 23.5 Å². The molecule has 27 heavy (non-hydrogen) atoms. The number of likely N-dealkylation sites (N-methyl/N-ethyl adjacent to an activating group) is 1. The lowest BCUT2D eigenvalue weighted by Crippen LogP contribution is -2.27. The highest BCUT2D eigenvalue weighted by Crippen LogP contribution is 2.21. The molecule has 0 aliphatic heterocycles. The fourth-order valence-corrected chi connectivity index (χ4v) is 2.30. The third-order valence-corrected chi connectivity index (χ3v) is 3.92. The van der Waals surface area contributed by atoms with Gasteiger partial charge in [-0.25, -0.2) is 4.39 Å². The summed E-state index contributed by atoms with van der Waals surface area (Å²) in [6.45, 7) is 1.64. The number of ether oxygens (including phenoxy) is 2. The molecule has 0 saturated heterocycles. The van der Waals surface area contributed by atoms with Gasteiger partial charge in [-0.05, 0) is 48.7 Å². The van der Waals surface area contributed by atoms with E-state index < -0.39 is 5.82 Å². The molecule has 0 radical (unpaired) electrons. The maximum Gasteiger partial charge on any atom is 0.259 e. The third-order valence-electron chi connectivity index (χ3n) is 3.92. The van der Waals surface area contributed by atoms with Crippen LogP contribution in [0.1, 0.15) is 24.5 Å². The van der Waals surface area contributed by atoms with Crippen LogP contribution in [0.25, 0.3) is 0 Å². The predicted molar refractivity (Wildman–Crippen MR) is 100 cm³/mol. The number of halogens is 1. The number of hydrogen-bond acceptors (Lipinski definition) is 4. The zero-order chi connectivity index (χ0) is 19.8. The number of carbonyl (C=O) groups excluding carboxylic acids is 2. The van der Waals surface area contributed by atoms with Crippen molar-refractivity contribution in [3.63, 3.8) is 0 Å². The van der Waals surface area contributed by atoms with Crippen molar-refractivity contribution in [1.82, 2.24) is 4.90 Å². The normalized spacial score (nSPS) is 10.4. The van der Waals surface area contributed by atoms with E-state index in [9.17, 15) is 14.0 Å². The Labute approximate surface area is 158 Å². The van der Waals surface area contributed by atoms with Gasteiger partial charge in [-0.3, -0.25) is 4.79 Å². The van der Waals surface area contributed by atoms with Crippen LogP contribution in [0.3, 0.4) is 0 Å². The SMILES string of the molecule is CC(=O)CCc1ccc(OCc2cccc(OCC(=O)N(C)C)c2)c(F)c1. The van der Waals surface area contributed by atoms with Gasteiger partial charge in [0.05, 0.1) is 0 Å². The number of benzene rings is 2. The van der Waals surface area contributed by atoms with Gasteiger partial charge in [-0.15, -0.1) is 0 Å². The summed E-state index contributed by atoms with van der Waals surface area (Å²) in [7, 11) is 3.33. The molecule has 2 rings (SSSR count). The molecule has 0 N–H and O–H groups in total. The minimum atomic E-state index is -0.458. The van der Waals surface area contributed by atoms with Crippen LogP contribution >= 0.6 is 0 Å². The first-order valence-electron chi connectivity index (χ1n) is 8.67. The van der Waals surface area contributed by atoms with E-state index in [2.05, 4.69) is 0 Å². The smallest absolute Gasteiger partial charge is 0.259 e. The highest BCUT2D eigenvalue weighted by atomic mass is 19.1. The van der Waals surface area contributed by atoms with E-state index in [0.717, 1.165) is 11.1 Å². The molecule has 0 aliphatic rings. The average Bonchev–Trinajstić information content (AvgIpc) is 2.63. The molecule has 5 nitrogen and oxygen atoms in total. The van der Waals surface area contributed by atoms with Crippen LogP contribution in [-0.2, 0) is 22.6 Å². The standard InChI is InChI=1S/C21H24FNO4/c1-15(24)7-8-16-9-10-20(19(22)12-16)27-13-17-5-4-6-18(11-17)26-14-21(25)23(2)3/h4-6,9-12H,7-8,13-14H2,1-3H3. The minimum absolute atomic E-state index is 0.0480. The van der Waals surface area contributed by atoms with Crippen LogP contribution in [0, 0.1) is 5.82 Å². The molecule has 0 fully saturated rings. The number of hydrogen-bond donors (Lipinski definition) is 0. The monoisotopic (exact) mass is 373 g/mol. The summed E-state index contributed by atoms with van der Waals surface area (Å²) in [6, 6.07) is 11.8. The zero-order valence-electron chi connectivity index (χ0n) is 15.8.